The van der Waals surface area contributed by atoms with Crippen LogP contribution in [0.5, 0.6) is 11.5 Å². The third-order valence-corrected chi connectivity index (χ3v) is 2.99. The van der Waals surface area contributed by atoms with E-state index in [2.05, 4.69) is 10.5 Å². The van der Waals surface area contributed by atoms with Crippen LogP contribution in [0.25, 0.3) is 0 Å². The topological polar surface area (TPSA) is 59.9 Å². The Morgan fingerprint density at radius 1 is 1.17 bits per heavy atom. The molecule has 0 radical (unpaired) electrons. The standard InChI is InChI=1S/C17H17ClN2O3/c1-2-22-15-8-3-4-9-16(15)23-12-17(21)20-19-11-13-6-5-7-14(18)10-13/h3-11H,2,12H2,1H3,(H,20,21). The molecule has 120 valence electrons. The number of nitrogens with one attached hydrogen (secondary N) is 1. The van der Waals surface area contributed by atoms with Crippen LogP contribution in [0.1, 0.15) is 12.5 Å². The number of carbonyl (C=O) groups excluding carboxylic acids is 1. The smallest absolute Gasteiger partial charge is 0.277 e. The molecule has 1 N–H and O–H groups in total. The molecule has 0 aliphatic heterocycles. The lowest BCUT2D eigenvalue weighted by Gasteiger charge is -2.10. The summed E-state index contributed by atoms with van der Waals surface area (Å²) in [6, 6.07) is 14.3. The van der Waals surface area contributed by atoms with Gasteiger partial charge < -0.3 is 9.47 Å². The first-order valence-electron chi connectivity index (χ1n) is 7.11. The molecule has 1 amide bonds. The van der Waals surface area contributed by atoms with E-state index in [9.17, 15) is 4.79 Å². The van der Waals surface area contributed by atoms with Gasteiger partial charge in [0.25, 0.3) is 5.91 Å². The Hall–Kier alpha value is -2.53. The average molecular weight is 333 g/mol. The number of hydrazone groups is 1. The molecular formula is C17H17ClN2O3. The number of hydrogen-bond acceptors (Lipinski definition) is 4. The summed E-state index contributed by atoms with van der Waals surface area (Å²) in [6.07, 6.45) is 1.51. The number of nitrogens with zero attached hydrogens (tertiary/aromatic N) is 1. The maximum Gasteiger partial charge on any atom is 0.277 e. The molecule has 0 fully saturated rings. The van der Waals surface area contributed by atoms with E-state index < -0.39 is 0 Å². The maximum atomic E-state index is 11.7. The van der Waals surface area contributed by atoms with Crippen molar-refractivity contribution in [2.45, 2.75) is 6.92 Å². The molecule has 0 aliphatic carbocycles. The zero-order valence-corrected chi connectivity index (χ0v) is 13.4. The molecule has 0 atom stereocenters. The van der Waals surface area contributed by atoms with E-state index in [0.29, 0.717) is 23.1 Å². The van der Waals surface area contributed by atoms with Crippen LogP contribution in [0.4, 0.5) is 0 Å². The number of rotatable bonds is 7. The van der Waals surface area contributed by atoms with Crippen molar-refractivity contribution in [2.75, 3.05) is 13.2 Å². The second-order valence-electron chi connectivity index (χ2n) is 4.52. The summed E-state index contributed by atoms with van der Waals surface area (Å²) in [5, 5.41) is 4.47. The van der Waals surface area contributed by atoms with Crippen LogP contribution in [0.3, 0.4) is 0 Å². The number of benzene rings is 2. The molecule has 0 aromatic heterocycles. The monoisotopic (exact) mass is 332 g/mol. The first-order chi connectivity index (χ1) is 11.2. The molecule has 0 unspecified atom stereocenters. The van der Waals surface area contributed by atoms with E-state index in [1.54, 1.807) is 30.3 Å². The van der Waals surface area contributed by atoms with Crippen molar-refractivity contribution in [2.24, 2.45) is 5.10 Å². The van der Waals surface area contributed by atoms with Crippen LogP contribution in [0.2, 0.25) is 5.02 Å². The molecule has 0 saturated carbocycles. The third kappa shape index (κ3) is 5.64. The van der Waals surface area contributed by atoms with Crippen molar-refractivity contribution in [1.29, 1.82) is 0 Å². The zero-order valence-electron chi connectivity index (χ0n) is 12.7. The van der Waals surface area contributed by atoms with E-state index in [0.717, 1.165) is 5.56 Å². The minimum Gasteiger partial charge on any atom is -0.490 e. The van der Waals surface area contributed by atoms with Gasteiger partial charge >= 0.3 is 0 Å². The van der Waals surface area contributed by atoms with E-state index in [-0.39, 0.29) is 12.5 Å². The molecule has 6 heteroatoms. The minimum absolute atomic E-state index is 0.156. The first-order valence-corrected chi connectivity index (χ1v) is 7.49. The van der Waals surface area contributed by atoms with Crippen LogP contribution >= 0.6 is 11.6 Å². The quantitative estimate of drug-likeness (QED) is 0.625. The summed E-state index contributed by atoms with van der Waals surface area (Å²) in [4.78, 5) is 11.7. The Balaban J connectivity index is 1.84. The third-order valence-electron chi connectivity index (χ3n) is 2.76. The molecule has 0 spiro atoms. The molecule has 2 rings (SSSR count). The largest absolute Gasteiger partial charge is 0.490 e. The van der Waals surface area contributed by atoms with Gasteiger partial charge in [-0.3, -0.25) is 4.79 Å². The van der Waals surface area contributed by atoms with Crippen LogP contribution in [-0.2, 0) is 4.79 Å². The summed E-state index contributed by atoms with van der Waals surface area (Å²) < 4.78 is 10.9. The number of carbonyl (C=O) groups is 1. The summed E-state index contributed by atoms with van der Waals surface area (Å²) in [6.45, 7) is 2.25. The average Bonchev–Trinajstić information content (AvgIpc) is 2.54. The van der Waals surface area contributed by atoms with E-state index in [4.69, 9.17) is 21.1 Å². The predicted octanol–water partition coefficient (Wildman–Crippen LogP) is 3.27. The number of halogens is 1. The number of para-hydroxylation sites is 2. The highest BCUT2D eigenvalue weighted by Crippen LogP contribution is 2.26. The molecule has 2 aromatic rings. The van der Waals surface area contributed by atoms with Gasteiger partial charge in [-0.05, 0) is 36.8 Å². The first kappa shape index (κ1) is 16.8. The Labute approximate surface area is 139 Å². The second kappa shape index (κ2) is 8.80. The summed E-state index contributed by atoms with van der Waals surface area (Å²) >= 11 is 5.86. The summed E-state index contributed by atoms with van der Waals surface area (Å²) in [5.74, 6) is 0.753. The van der Waals surface area contributed by atoms with Gasteiger partial charge in [0.15, 0.2) is 18.1 Å². The van der Waals surface area contributed by atoms with Crippen molar-refractivity contribution in [3.8, 4) is 11.5 Å². The van der Waals surface area contributed by atoms with Crippen molar-refractivity contribution in [1.82, 2.24) is 5.43 Å². The predicted molar refractivity (Wildman–Crippen MR) is 90.3 cm³/mol. The minimum atomic E-state index is -0.366. The zero-order chi connectivity index (χ0) is 16.5. The Morgan fingerprint density at radius 3 is 2.61 bits per heavy atom. The van der Waals surface area contributed by atoms with Gasteiger partial charge in [-0.25, -0.2) is 5.43 Å². The Morgan fingerprint density at radius 2 is 1.91 bits per heavy atom. The number of amides is 1. The molecule has 0 heterocycles. The van der Waals surface area contributed by atoms with E-state index in [1.807, 2.05) is 25.1 Å². The van der Waals surface area contributed by atoms with Gasteiger partial charge in [-0.2, -0.15) is 5.10 Å². The molecule has 2 aromatic carbocycles. The number of hydrogen-bond donors (Lipinski definition) is 1. The van der Waals surface area contributed by atoms with Gasteiger partial charge in [0.2, 0.25) is 0 Å². The Bertz CT molecular complexity index is 689. The van der Waals surface area contributed by atoms with Gasteiger partial charge in [-0.1, -0.05) is 35.9 Å². The lowest BCUT2D eigenvalue weighted by Crippen LogP contribution is -2.24. The molecule has 5 nitrogen and oxygen atoms in total. The van der Waals surface area contributed by atoms with E-state index >= 15 is 0 Å². The van der Waals surface area contributed by atoms with Crippen molar-refractivity contribution in [3.63, 3.8) is 0 Å². The van der Waals surface area contributed by atoms with Gasteiger partial charge in [0, 0.05) is 5.02 Å². The molecule has 0 saturated heterocycles. The SMILES string of the molecule is CCOc1ccccc1OCC(=O)NN=Cc1cccc(Cl)c1. The fraction of sp³-hybridized carbons (Fsp3) is 0.176. The van der Waals surface area contributed by atoms with Gasteiger partial charge in [-0.15, -0.1) is 0 Å². The van der Waals surface area contributed by atoms with Crippen LogP contribution < -0.4 is 14.9 Å². The van der Waals surface area contributed by atoms with Crippen molar-refractivity contribution in [3.05, 3.63) is 59.1 Å². The summed E-state index contributed by atoms with van der Waals surface area (Å²) in [5.41, 5.74) is 3.19. The molecule has 0 aliphatic rings. The van der Waals surface area contributed by atoms with Crippen LogP contribution in [0.15, 0.2) is 53.6 Å². The normalized spacial score (nSPS) is 10.5. The van der Waals surface area contributed by atoms with Crippen molar-refractivity contribution < 1.29 is 14.3 Å². The number of ether oxygens (including phenoxy) is 2. The van der Waals surface area contributed by atoms with Gasteiger partial charge in [0.1, 0.15) is 0 Å². The lowest BCUT2D eigenvalue weighted by molar-refractivity contribution is -0.123. The highest BCUT2D eigenvalue weighted by molar-refractivity contribution is 6.30. The highest BCUT2D eigenvalue weighted by atomic mass is 35.5. The van der Waals surface area contributed by atoms with Crippen molar-refractivity contribution >= 4 is 23.7 Å². The maximum absolute atomic E-state index is 11.7. The summed E-state index contributed by atoms with van der Waals surface area (Å²) in [7, 11) is 0. The second-order valence-corrected chi connectivity index (χ2v) is 4.95. The molecular weight excluding hydrogens is 316 g/mol. The van der Waals surface area contributed by atoms with Crippen LogP contribution in [0, 0.1) is 0 Å². The molecule has 23 heavy (non-hydrogen) atoms. The fourth-order valence-corrected chi connectivity index (χ4v) is 1.98. The highest BCUT2D eigenvalue weighted by Gasteiger charge is 2.06. The van der Waals surface area contributed by atoms with Crippen LogP contribution in [-0.4, -0.2) is 25.3 Å². The molecule has 0 bridgehead atoms. The van der Waals surface area contributed by atoms with Gasteiger partial charge in [0.05, 0.1) is 12.8 Å². The Kier molecular flexibility index (Phi) is 6.44. The van der Waals surface area contributed by atoms with E-state index in [1.165, 1.54) is 6.21 Å². The fourth-order valence-electron chi connectivity index (χ4n) is 1.79. The lowest BCUT2D eigenvalue weighted by atomic mass is 10.2.